The molecule has 2 aromatic heterocycles. The number of benzene rings is 1. The molecule has 6 heteroatoms. The van der Waals surface area contributed by atoms with Crippen LogP contribution < -0.4 is 4.90 Å². The summed E-state index contributed by atoms with van der Waals surface area (Å²) in [5, 5.41) is 13.4. The first-order chi connectivity index (χ1) is 12.5. The summed E-state index contributed by atoms with van der Waals surface area (Å²) in [6.45, 7) is 8.55. The second kappa shape index (κ2) is 6.91. The number of rotatable bonds is 4. The molecule has 3 heterocycles. The second-order valence-corrected chi connectivity index (χ2v) is 9.05. The number of anilines is 1. The molecule has 0 radical (unpaired) electrons. The summed E-state index contributed by atoms with van der Waals surface area (Å²) < 4.78 is 1.90. The largest absolute Gasteiger partial charge is 0.355 e. The summed E-state index contributed by atoms with van der Waals surface area (Å²) in [5.41, 5.74) is 0.735. The molecule has 0 N–H and O–H groups in total. The van der Waals surface area contributed by atoms with Gasteiger partial charge in [-0.05, 0) is 36.6 Å². The minimum atomic E-state index is -0.0785. The molecule has 0 bridgehead atoms. The highest BCUT2D eigenvalue weighted by molar-refractivity contribution is 7.99. The Kier molecular flexibility index (Phi) is 4.61. The summed E-state index contributed by atoms with van der Waals surface area (Å²) in [4.78, 5) is 3.74. The van der Waals surface area contributed by atoms with E-state index in [1.54, 1.807) is 0 Å². The van der Waals surface area contributed by atoms with Gasteiger partial charge in [0.05, 0.1) is 0 Å². The molecule has 1 aliphatic rings. The Hall–Kier alpha value is -2.08. The predicted octanol–water partition coefficient (Wildman–Crippen LogP) is 4.04. The van der Waals surface area contributed by atoms with E-state index in [0.29, 0.717) is 5.92 Å². The van der Waals surface area contributed by atoms with Crippen molar-refractivity contribution in [3.8, 4) is 0 Å². The maximum atomic E-state index is 4.85. The maximum Gasteiger partial charge on any atom is 0.178 e. The molecule has 136 valence electrons. The lowest BCUT2D eigenvalue weighted by atomic mass is 9.96. The lowest BCUT2D eigenvalue weighted by Gasteiger charge is -2.19. The Morgan fingerprint density at radius 3 is 2.65 bits per heavy atom. The molecule has 0 saturated carbocycles. The van der Waals surface area contributed by atoms with E-state index in [9.17, 15) is 0 Å². The van der Waals surface area contributed by atoms with Crippen molar-refractivity contribution in [3.63, 3.8) is 0 Å². The van der Waals surface area contributed by atoms with E-state index in [0.717, 1.165) is 36.1 Å². The topological polar surface area (TPSA) is 46.3 Å². The van der Waals surface area contributed by atoms with Gasteiger partial charge in [-0.25, -0.2) is 0 Å². The molecular formula is C20H25N5S. The minimum absolute atomic E-state index is 0.0785. The van der Waals surface area contributed by atoms with Crippen LogP contribution in [-0.2, 0) is 5.41 Å². The first-order valence-corrected chi connectivity index (χ1v) is 10.1. The highest BCUT2D eigenvalue weighted by Gasteiger charge is 2.26. The molecule has 1 saturated heterocycles. The van der Waals surface area contributed by atoms with Gasteiger partial charge < -0.3 is 4.90 Å². The van der Waals surface area contributed by atoms with Gasteiger partial charge in [0.2, 0.25) is 0 Å². The summed E-state index contributed by atoms with van der Waals surface area (Å²) in [6.07, 6.45) is 1.22. The third-order valence-corrected chi connectivity index (χ3v) is 6.00. The van der Waals surface area contributed by atoms with Gasteiger partial charge in [0.15, 0.2) is 11.5 Å². The normalized spacial score (nSPS) is 18.0. The van der Waals surface area contributed by atoms with Crippen LogP contribution in [0.4, 0.5) is 5.82 Å². The lowest BCUT2D eigenvalue weighted by Crippen LogP contribution is -2.23. The number of hydrogen-bond acceptors (Lipinski definition) is 5. The molecule has 0 amide bonds. The standard InChI is InChI=1S/C20H25N5S/c1-20(2,3)19-22-21-17-9-10-18(23-25(17)19)24-12-11-15(13-24)14-26-16-7-5-4-6-8-16/h4-10,15H,11-14H2,1-3H3. The molecule has 1 unspecified atom stereocenters. The summed E-state index contributed by atoms with van der Waals surface area (Å²) >= 11 is 1.95. The first-order valence-electron chi connectivity index (χ1n) is 9.16. The SMILES string of the molecule is CC(C)(C)c1nnc2ccc(N3CCC(CSc4ccccc4)C3)nn12. The van der Waals surface area contributed by atoms with Crippen LogP contribution in [0.3, 0.4) is 0 Å². The van der Waals surface area contributed by atoms with Crippen LogP contribution in [0.2, 0.25) is 0 Å². The van der Waals surface area contributed by atoms with Gasteiger partial charge in [0.25, 0.3) is 0 Å². The minimum Gasteiger partial charge on any atom is -0.355 e. The third kappa shape index (κ3) is 3.56. The van der Waals surface area contributed by atoms with Crippen LogP contribution in [0.25, 0.3) is 5.65 Å². The van der Waals surface area contributed by atoms with Gasteiger partial charge in [-0.3, -0.25) is 0 Å². The monoisotopic (exact) mass is 367 g/mol. The zero-order chi connectivity index (χ0) is 18.1. The number of hydrogen-bond donors (Lipinski definition) is 0. The fourth-order valence-corrected chi connectivity index (χ4v) is 4.37. The van der Waals surface area contributed by atoms with Gasteiger partial charge >= 0.3 is 0 Å². The van der Waals surface area contributed by atoms with Gasteiger partial charge in [0.1, 0.15) is 5.82 Å². The van der Waals surface area contributed by atoms with E-state index in [4.69, 9.17) is 5.10 Å². The molecule has 1 aromatic carbocycles. The Morgan fingerprint density at radius 1 is 1.08 bits per heavy atom. The Labute approximate surface area is 158 Å². The summed E-state index contributed by atoms with van der Waals surface area (Å²) in [5.74, 6) is 3.78. The second-order valence-electron chi connectivity index (χ2n) is 7.96. The summed E-state index contributed by atoms with van der Waals surface area (Å²) in [6, 6.07) is 14.8. The highest BCUT2D eigenvalue weighted by atomic mass is 32.2. The zero-order valence-corrected chi connectivity index (χ0v) is 16.4. The van der Waals surface area contributed by atoms with E-state index >= 15 is 0 Å². The first kappa shape index (κ1) is 17.3. The zero-order valence-electron chi connectivity index (χ0n) is 15.6. The Bertz CT molecular complexity index is 884. The van der Waals surface area contributed by atoms with Crippen molar-refractivity contribution in [3.05, 3.63) is 48.3 Å². The molecule has 26 heavy (non-hydrogen) atoms. The average Bonchev–Trinajstić information content (AvgIpc) is 3.27. The van der Waals surface area contributed by atoms with E-state index in [-0.39, 0.29) is 5.41 Å². The predicted molar refractivity (Wildman–Crippen MR) is 107 cm³/mol. The highest BCUT2D eigenvalue weighted by Crippen LogP contribution is 2.28. The van der Waals surface area contributed by atoms with Crippen LogP contribution >= 0.6 is 11.8 Å². The number of fused-ring (bicyclic) bond motifs is 1. The van der Waals surface area contributed by atoms with E-state index in [1.165, 1.54) is 11.3 Å². The molecule has 0 aliphatic carbocycles. The van der Waals surface area contributed by atoms with Crippen LogP contribution in [-0.4, -0.2) is 38.7 Å². The van der Waals surface area contributed by atoms with E-state index in [1.807, 2.05) is 22.3 Å². The van der Waals surface area contributed by atoms with Crippen molar-refractivity contribution < 1.29 is 0 Å². The molecule has 3 aromatic rings. The van der Waals surface area contributed by atoms with Gasteiger partial charge in [0, 0.05) is 29.2 Å². The Balaban J connectivity index is 1.46. The number of thioether (sulfide) groups is 1. The molecule has 1 fully saturated rings. The molecule has 1 atom stereocenters. The summed E-state index contributed by atoms with van der Waals surface area (Å²) in [7, 11) is 0. The van der Waals surface area contributed by atoms with Gasteiger partial charge in [-0.1, -0.05) is 39.0 Å². The van der Waals surface area contributed by atoms with Crippen molar-refractivity contribution in [2.45, 2.75) is 37.5 Å². The smallest absolute Gasteiger partial charge is 0.178 e. The number of aromatic nitrogens is 4. The molecular weight excluding hydrogens is 342 g/mol. The van der Waals surface area contributed by atoms with Crippen molar-refractivity contribution in [2.24, 2.45) is 5.92 Å². The molecule has 4 rings (SSSR count). The van der Waals surface area contributed by atoms with Crippen molar-refractivity contribution in [2.75, 3.05) is 23.7 Å². The fraction of sp³-hybridized carbons (Fsp3) is 0.450. The van der Waals surface area contributed by atoms with Crippen molar-refractivity contribution >= 4 is 23.2 Å². The third-order valence-electron chi connectivity index (χ3n) is 4.76. The van der Waals surface area contributed by atoms with Gasteiger partial charge in [-0.15, -0.1) is 27.1 Å². The van der Waals surface area contributed by atoms with Gasteiger partial charge in [-0.2, -0.15) is 4.52 Å². The van der Waals surface area contributed by atoms with E-state index < -0.39 is 0 Å². The molecule has 0 spiro atoms. The lowest BCUT2D eigenvalue weighted by molar-refractivity contribution is 0.526. The van der Waals surface area contributed by atoms with E-state index in [2.05, 4.69) is 72.3 Å². The van der Waals surface area contributed by atoms with Crippen LogP contribution in [0.1, 0.15) is 33.0 Å². The van der Waals surface area contributed by atoms with Crippen molar-refractivity contribution in [1.82, 2.24) is 19.8 Å². The quantitative estimate of drug-likeness (QED) is 0.651. The van der Waals surface area contributed by atoms with Crippen LogP contribution in [0.5, 0.6) is 0 Å². The average molecular weight is 368 g/mol. The molecule has 1 aliphatic heterocycles. The van der Waals surface area contributed by atoms with Crippen molar-refractivity contribution in [1.29, 1.82) is 0 Å². The fourth-order valence-electron chi connectivity index (χ4n) is 3.32. The molecule has 5 nitrogen and oxygen atoms in total. The Morgan fingerprint density at radius 2 is 1.88 bits per heavy atom. The van der Waals surface area contributed by atoms with Crippen LogP contribution in [0, 0.1) is 5.92 Å². The number of nitrogens with zero attached hydrogens (tertiary/aromatic N) is 5. The van der Waals surface area contributed by atoms with Crippen LogP contribution in [0.15, 0.2) is 47.4 Å². The maximum absolute atomic E-state index is 4.85.